The van der Waals surface area contributed by atoms with Gasteiger partial charge in [-0.1, -0.05) is 72.8 Å². The summed E-state index contributed by atoms with van der Waals surface area (Å²) in [6.45, 7) is 0.117. The van der Waals surface area contributed by atoms with Gasteiger partial charge in [0.05, 0.1) is 11.8 Å². The average molecular weight is 416 g/mol. The van der Waals surface area contributed by atoms with Gasteiger partial charge in [0.15, 0.2) is 0 Å². The molecule has 6 heteroatoms. The molecule has 2 bridgehead atoms. The lowest BCUT2D eigenvalue weighted by Gasteiger charge is -2.28. The van der Waals surface area contributed by atoms with Crippen LogP contribution in [0.5, 0.6) is 0 Å². The van der Waals surface area contributed by atoms with E-state index in [0.717, 1.165) is 17.5 Å². The molecule has 1 N–H and O–H groups in total. The number of ether oxygens (including phenoxy) is 1. The number of hydrogen-bond acceptors (Lipinski definition) is 4. The molecule has 2 aliphatic carbocycles. The second-order valence-corrected chi connectivity index (χ2v) is 8.46. The predicted molar refractivity (Wildman–Crippen MR) is 113 cm³/mol. The van der Waals surface area contributed by atoms with Gasteiger partial charge < -0.3 is 10.1 Å². The number of imide groups is 1. The molecule has 0 spiro atoms. The summed E-state index contributed by atoms with van der Waals surface area (Å²) in [7, 11) is 0. The normalized spacial score (nSPS) is 26.8. The third-order valence-corrected chi connectivity index (χ3v) is 6.59. The fourth-order valence-electron chi connectivity index (χ4n) is 5.18. The van der Waals surface area contributed by atoms with Gasteiger partial charge in [0.25, 0.3) is 0 Å². The molecule has 2 fully saturated rings. The molecule has 2 aromatic rings. The van der Waals surface area contributed by atoms with Crippen molar-refractivity contribution in [3.63, 3.8) is 0 Å². The van der Waals surface area contributed by atoms with Gasteiger partial charge in [-0.3, -0.25) is 14.5 Å². The van der Waals surface area contributed by atoms with Crippen molar-refractivity contribution in [2.75, 3.05) is 0 Å². The summed E-state index contributed by atoms with van der Waals surface area (Å²) in [6.07, 6.45) is 3.90. The van der Waals surface area contributed by atoms with Gasteiger partial charge in [0, 0.05) is 6.42 Å². The minimum atomic E-state index is -0.782. The summed E-state index contributed by atoms with van der Waals surface area (Å²) < 4.78 is 5.36. The van der Waals surface area contributed by atoms with Gasteiger partial charge in [0.2, 0.25) is 11.8 Å². The van der Waals surface area contributed by atoms with Crippen LogP contribution >= 0.6 is 0 Å². The third-order valence-electron chi connectivity index (χ3n) is 6.59. The van der Waals surface area contributed by atoms with Crippen LogP contribution in [-0.2, 0) is 27.4 Å². The second-order valence-electron chi connectivity index (χ2n) is 8.46. The molecule has 158 valence electrons. The lowest BCUT2D eigenvalue weighted by molar-refractivity contribution is -0.144. The highest BCUT2D eigenvalue weighted by molar-refractivity contribution is 6.06. The van der Waals surface area contributed by atoms with Crippen molar-refractivity contribution in [3.8, 4) is 0 Å². The maximum Gasteiger partial charge on any atom is 0.409 e. The summed E-state index contributed by atoms with van der Waals surface area (Å²) in [5, 5.41) is 2.78. The first-order chi connectivity index (χ1) is 15.1. The number of amides is 3. The molecule has 5 atom stereocenters. The van der Waals surface area contributed by atoms with E-state index in [1.165, 1.54) is 4.90 Å². The number of nitrogens with zero attached hydrogens (tertiary/aromatic N) is 1. The fourth-order valence-corrected chi connectivity index (χ4v) is 5.18. The van der Waals surface area contributed by atoms with E-state index < -0.39 is 12.3 Å². The van der Waals surface area contributed by atoms with Crippen LogP contribution in [0.1, 0.15) is 17.5 Å². The van der Waals surface area contributed by atoms with Crippen LogP contribution in [0.2, 0.25) is 0 Å². The van der Waals surface area contributed by atoms with Crippen LogP contribution in [0.15, 0.2) is 72.8 Å². The molecular weight excluding hydrogens is 392 g/mol. The van der Waals surface area contributed by atoms with Crippen molar-refractivity contribution < 1.29 is 19.1 Å². The highest BCUT2D eigenvalue weighted by Crippen LogP contribution is 2.52. The first-order valence-corrected chi connectivity index (χ1v) is 10.7. The summed E-state index contributed by atoms with van der Waals surface area (Å²) >= 11 is 0. The molecule has 5 rings (SSSR count). The molecule has 2 aromatic carbocycles. The Balaban J connectivity index is 1.34. The monoisotopic (exact) mass is 416 g/mol. The zero-order valence-corrected chi connectivity index (χ0v) is 17.0. The van der Waals surface area contributed by atoms with E-state index in [9.17, 15) is 14.4 Å². The van der Waals surface area contributed by atoms with Gasteiger partial charge in [-0.05, 0) is 29.4 Å². The SMILES string of the molecule is O=C(NC(Cc1ccccc1)N1C(=O)C2C3C=CC(C3)C2C1=O)OCc1ccccc1. The third kappa shape index (κ3) is 3.63. The number of fused-ring (bicyclic) bond motifs is 5. The quantitative estimate of drug-likeness (QED) is 0.579. The Morgan fingerprint density at radius 1 is 0.903 bits per heavy atom. The molecule has 31 heavy (non-hydrogen) atoms. The Bertz CT molecular complexity index is 990. The van der Waals surface area contributed by atoms with Crippen molar-refractivity contribution in [1.29, 1.82) is 0 Å². The second kappa shape index (κ2) is 8.02. The van der Waals surface area contributed by atoms with Crippen molar-refractivity contribution >= 4 is 17.9 Å². The van der Waals surface area contributed by atoms with E-state index in [0.29, 0.717) is 6.42 Å². The van der Waals surface area contributed by atoms with Crippen LogP contribution in [0.25, 0.3) is 0 Å². The molecule has 1 aliphatic heterocycles. The number of carbonyl (C=O) groups excluding carboxylic acids is 3. The van der Waals surface area contributed by atoms with Crippen LogP contribution in [0.4, 0.5) is 4.79 Å². The van der Waals surface area contributed by atoms with Crippen LogP contribution in [0, 0.1) is 23.7 Å². The molecule has 1 saturated carbocycles. The van der Waals surface area contributed by atoms with E-state index in [1.54, 1.807) is 0 Å². The maximum absolute atomic E-state index is 13.3. The zero-order chi connectivity index (χ0) is 21.4. The Hall–Kier alpha value is -3.41. The molecule has 0 radical (unpaired) electrons. The van der Waals surface area contributed by atoms with Gasteiger partial charge in [-0.25, -0.2) is 4.79 Å². The Labute approximate surface area is 180 Å². The number of rotatable bonds is 6. The summed E-state index contributed by atoms with van der Waals surface area (Å²) in [6, 6.07) is 18.9. The highest BCUT2D eigenvalue weighted by Gasteiger charge is 2.60. The lowest BCUT2D eigenvalue weighted by Crippen LogP contribution is -2.53. The highest BCUT2D eigenvalue weighted by atomic mass is 16.5. The Morgan fingerprint density at radius 2 is 1.45 bits per heavy atom. The van der Waals surface area contributed by atoms with E-state index >= 15 is 0 Å². The number of hydrogen-bond donors (Lipinski definition) is 1. The van der Waals surface area contributed by atoms with E-state index in [4.69, 9.17) is 4.74 Å². The number of carbonyl (C=O) groups is 3. The van der Waals surface area contributed by atoms with Crippen molar-refractivity contribution in [1.82, 2.24) is 10.2 Å². The molecule has 0 aromatic heterocycles. The van der Waals surface area contributed by atoms with Crippen LogP contribution in [-0.4, -0.2) is 29.0 Å². The number of allylic oxidation sites excluding steroid dienone is 2. The molecule has 3 amide bonds. The maximum atomic E-state index is 13.3. The smallest absolute Gasteiger partial charge is 0.409 e. The summed E-state index contributed by atoms with van der Waals surface area (Å²) in [5.41, 5.74) is 1.79. The number of alkyl carbamates (subject to hydrolysis) is 1. The first-order valence-electron chi connectivity index (χ1n) is 10.7. The molecule has 3 aliphatic rings. The Morgan fingerprint density at radius 3 is 2.03 bits per heavy atom. The van der Waals surface area contributed by atoms with Crippen molar-refractivity contribution in [2.24, 2.45) is 23.7 Å². The van der Waals surface area contributed by atoms with Crippen molar-refractivity contribution in [3.05, 3.63) is 83.9 Å². The molecular formula is C25H24N2O4. The van der Waals surface area contributed by atoms with Gasteiger partial charge in [-0.2, -0.15) is 0 Å². The average Bonchev–Trinajstić information content (AvgIpc) is 3.47. The van der Waals surface area contributed by atoms with Crippen LogP contribution < -0.4 is 5.32 Å². The Kier molecular flexibility index (Phi) is 5.06. The molecule has 1 heterocycles. The molecule has 5 unspecified atom stereocenters. The minimum Gasteiger partial charge on any atom is -0.445 e. The molecule has 1 saturated heterocycles. The lowest BCUT2D eigenvalue weighted by atomic mass is 9.85. The van der Waals surface area contributed by atoms with Crippen LogP contribution in [0.3, 0.4) is 0 Å². The van der Waals surface area contributed by atoms with Crippen molar-refractivity contribution in [2.45, 2.75) is 25.6 Å². The standard InChI is InChI=1S/C25H24N2O4/c28-23-21-18-11-12-19(14-18)22(21)24(29)27(23)20(13-16-7-3-1-4-8-16)26-25(30)31-15-17-9-5-2-6-10-17/h1-12,18-22H,13-15H2,(H,26,30). The fraction of sp³-hybridized carbons (Fsp3) is 0.320. The van der Waals surface area contributed by atoms with Gasteiger partial charge in [0.1, 0.15) is 12.8 Å². The van der Waals surface area contributed by atoms with Gasteiger partial charge in [-0.15, -0.1) is 0 Å². The van der Waals surface area contributed by atoms with E-state index in [1.807, 2.05) is 60.7 Å². The largest absolute Gasteiger partial charge is 0.445 e. The predicted octanol–water partition coefficient (Wildman–Crippen LogP) is 3.29. The summed E-state index contributed by atoms with van der Waals surface area (Å²) in [5.74, 6) is -0.726. The summed E-state index contributed by atoms with van der Waals surface area (Å²) in [4.78, 5) is 40.4. The first kappa shape index (κ1) is 19.5. The molecule has 6 nitrogen and oxygen atoms in total. The zero-order valence-electron chi connectivity index (χ0n) is 17.0. The number of benzene rings is 2. The number of likely N-dealkylation sites (tertiary alicyclic amines) is 1. The van der Waals surface area contributed by atoms with Gasteiger partial charge >= 0.3 is 6.09 Å². The topological polar surface area (TPSA) is 75.7 Å². The number of nitrogens with one attached hydrogen (secondary N) is 1. The van der Waals surface area contributed by atoms with E-state index in [-0.39, 0.29) is 42.1 Å². The van der Waals surface area contributed by atoms with E-state index in [2.05, 4.69) is 17.5 Å². The minimum absolute atomic E-state index is 0.117.